The fourth-order valence-electron chi connectivity index (χ4n) is 4.49. The lowest BCUT2D eigenvalue weighted by Crippen LogP contribution is -2.58. The number of carbonyl (C=O) groups is 2. The fourth-order valence-corrected chi connectivity index (χ4v) is 4.62. The van der Waals surface area contributed by atoms with Crippen molar-refractivity contribution in [1.29, 1.82) is 0 Å². The Bertz CT molecular complexity index is 930. The van der Waals surface area contributed by atoms with Crippen molar-refractivity contribution in [1.82, 2.24) is 20.4 Å². The van der Waals surface area contributed by atoms with E-state index < -0.39 is 0 Å². The molecule has 3 fully saturated rings. The number of ether oxygens (including phenoxy) is 1. The zero-order valence-electron chi connectivity index (χ0n) is 15.8. The minimum atomic E-state index is -0.380. The summed E-state index contributed by atoms with van der Waals surface area (Å²) in [4.78, 5) is 30.5. The molecule has 2 aliphatic heterocycles. The van der Waals surface area contributed by atoms with Crippen LogP contribution < -0.4 is 5.32 Å². The fraction of sp³-hybridized carbons (Fsp3) is 0.500. The number of halogens is 1. The summed E-state index contributed by atoms with van der Waals surface area (Å²) in [5.74, 6) is 1.46. The number of benzene rings is 1. The molecule has 9 heteroatoms. The third kappa shape index (κ3) is 3.46. The second-order valence-corrected chi connectivity index (χ2v) is 8.59. The molecule has 29 heavy (non-hydrogen) atoms. The standard InChI is InChI=1S/C20H21ClN4O4/c21-15-3-1-12(2-4-15)16-22-17(29-24-16)13-5-7-25(8-6-13)18(26)14-9-20(10-14)11-28-19(27)23-20/h1-4,13-14H,5-11H2,(H,23,27). The average molecular weight is 417 g/mol. The zero-order valence-corrected chi connectivity index (χ0v) is 16.5. The van der Waals surface area contributed by atoms with Gasteiger partial charge in [0.15, 0.2) is 0 Å². The maximum absolute atomic E-state index is 12.8. The first kappa shape index (κ1) is 18.4. The number of hydrogen-bond donors (Lipinski definition) is 1. The molecular weight excluding hydrogens is 396 g/mol. The van der Waals surface area contributed by atoms with Crippen LogP contribution in [-0.4, -0.2) is 52.3 Å². The summed E-state index contributed by atoms with van der Waals surface area (Å²) in [7, 11) is 0. The summed E-state index contributed by atoms with van der Waals surface area (Å²) in [5, 5.41) is 7.58. The van der Waals surface area contributed by atoms with E-state index in [0.717, 1.165) is 18.4 Å². The molecule has 1 aromatic carbocycles. The second-order valence-electron chi connectivity index (χ2n) is 8.15. The van der Waals surface area contributed by atoms with Crippen LogP contribution in [0.15, 0.2) is 28.8 Å². The van der Waals surface area contributed by atoms with E-state index in [-0.39, 0.29) is 29.4 Å². The van der Waals surface area contributed by atoms with Gasteiger partial charge in [-0.1, -0.05) is 16.8 Å². The van der Waals surface area contributed by atoms with Gasteiger partial charge >= 0.3 is 6.09 Å². The number of likely N-dealkylation sites (tertiary alicyclic amines) is 1. The predicted molar refractivity (Wildman–Crippen MR) is 103 cm³/mol. The largest absolute Gasteiger partial charge is 0.447 e. The van der Waals surface area contributed by atoms with Crippen molar-refractivity contribution >= 4 is 23.6 Å². The molecule has 1 spiro atoms. The van der Waals surface area contributed by atoms with E-state index in [9.17, 15) is 9.59 Å². The van der Waals surface area contributed by atoms with Crippen LogP contribution in [-0.2, 0) is 9.53 Å². The number of cyclic esters (lactones) is 1. The van der Waals surface area contributed by atoms with Crippen molar-refractivity contribution in [3.63, 3.8) is 0 Å². The van der Waals surface area contributed by atoms with E-state index in [1.165, 1.54) is 0 Å². The van der Waals surface area contributed by atoms with E-state index in [4.69, 9.17) is 20.9 Å². The van der Waals surface area contributed by atoms with Gasteiger partial charge < -0.3 is 19.5 Å². The molecule has 3 aliphatic rings. The molecule has 2 aromatic rings. The molecule has 5 rings (SSSR count). The Balaban J connectivity index is 1.16. The number of amides is 2. The number of alkyl carbamates (subject to hydrolysis) is 1. The topological polar surface area (TPSA) is 97.6 Å². The number of nitrogens with zero attached hydrogens (tertiary/aromatic N) is 3. The molecule has 3 heterocycles. The Labute approximate surface area is 172 Å². The summed E-state index contributed by atoms with van der Waals surface area (Å²) in [5.41, 5.74) is 0.538. The van der Waals surface area contributed by atoms with Gasteiger partial charge in [0.2, 0.25) is 17.6 Å². The molecule has 152 valence electrons. The average Bonchev–Trinajstić information content (AvgIpc) is 3.34. The Morgan fingerprint density at radius 1 is 1.21 bits per heavy atom. The van der Waals surface area contributed by atoms with E-state index in [2.05, 4.69) is 15.5 Å². The highest BCUT2D eigenvalue weighted by Gasteiger charge is 2.53. The maximum atomic E-state index is 12.8. The highest BCUT2D eigenvalue weighted by molar-refractivity contribution is 6.30. The van der Waals surface area contributed by atoms with Crippen molar-refractivity contribution in [3.05, 3.63) is 35.2 Å². The van der Waals surface area contributed by atoms with Gasteiger partial charge in [-0.15, -0.1) is 0 Å². The SMILES string of the molecule is O=C1NC2(CO1)CC(C(=O)N1CCC(c3nc(-c4ccc(Cl)cc4)no3)CC1)C2. The van der Waals surface area contributed by atoms with Crippen molar-refractivity contribution in [2.24, 2.45) is 5.92 Å². The quantitative estimate of drug-likeness (QED) is 0.826. The van der Waals surface area contributed by atoms with Crippen molar-refractivity contribution in [2.75, 3.05) is 19.7 Å². The van der Waals surface area contributed by atoms with Gasteiger partial charge in [0.05, 0.1) is 5.54 Å². The Morgan fingerprint density at radius 3 is 2.59 bits per heavy atom. The van der Waals surface area contributed by atoms with Gasteiger partial charge in [-0.25, -0.2) is 4.79 Å². The summed E-state index contributed by atoms with van der Waals surface area (Å²) >= 11 is 5.92. The number of hydrogen-bond acceptors (Lipinski definition) is 6. The molecule has 1 N–H and O–H groups in total. The first-order chi connectivity index (χ1) is 14.0. The minimum absolute atomic E-state index is 0.0338. The van der Waals surface area contributed by atoms with Gasteiger partial charge in [-0.3, -0.25) is 4.79 Å². The molecule has 1 saturated carbocycles. The van der Waals surface area contributed by atoms with E-state index >= 15 is 0 Å². The van der Waals surface area contributed by atoms with Crippen LogP contribution >= 0.6 is 11.6 Å². The van der Waals surface area contributed by atoms with Crippen molar-refractivity contribution < 1.29 is 18.8 Å². The summed E-state index contributed by atoms with van der Waals surface area (Å²) in [6, 6.07) is 7.32. The van der Waals surface area contributed by atoms with Crippen molar-refractivity contribution in [3.8, 4) is 11.4 Å². The van der Waals surface area contributed by atoms with Gasteiger partial charge in [0.1, 0.15) is 6.61 Å². The van der Waals surface area contributed by atoms with Crippen LogP contribution in [0.2, 0.25) is 5.02 Å². The van der Waals surface area contributed by atoms with Crippen LogP contribution in [0.25, 0.3) is 11.4 Å². The van der Waals surface area contributed by atoms with Gasteiger partial charge in [0, 0.05) is 35.5 Å². The normalized spacial score (nSPS) is 26.9. The molecule has 0 bridgehead atoms. The lowest BCUT2D eigenvalue weighted by Gasteiger charge is -2.44. The molecule has 1 aliphatic carbocycles. The molecule has 2 amide bonds. The van der Waals surface area contributed by atoms with Crippen LogP contribution in [0.3, 0.4) is 0 Å². The maximum Gasteiger partial charge on any atom is 0.407 e. The zero-order chi connectivity index (χ0) is 20.0. The Morgan fingerprint density at radius 2 is 1.93 bits per heavy atom. The number of piperidine rings is 1. The first-order valence-corrected chi connectivity index (χ1v) is 10.2. The summed E-state index contributed by atoms with van der Waals surface area (Å²) in [6.07, 6.45) is 2.53. The number of nitrogens with one attached hydrogen (secondary N) is 1. The third-order valence-corrected chi connectivity index (χ3v) is 6.42. The minimum Gasteiger partial charge on any atom is -0.447 e. The van der Waals surface area contributed by atoms with E-state index in [1.807, 2.05) is 17.0 Å². The highest BCUT2D eigenvalue weighted by Crippen LogP contribution is 2.42. The number of rotatable bonds is 3. The molecule has 1 aromatic heterocycles. The van der Waals surface area contributed by atoms with Crippen LogP contribution in [0.5, 0.6) is 0 Å². The Hall–Kier alpha value is -2.61. The second kappa shape index (κ2) is 7.02. The molecule has 0 unspecified atom stereocenters. The van der Waals surface area contributed by atoms with Gasteiger partial charge in [-0.2, -0.15) is 4.98 Å². The number of carbonyl (C=O) groups excluding carboxylic acids is 2. The molecule has 8 nitrogen and oxygen atoms in total. The molecular formula is C20H21ClN4O4. The number of aromatic nitrogens is 2. The monoisotopic (exact) mass is 416 g/mol. The highest BCUT2D eigenvalue weighted by atomic mass is 35.5. The third-order valence-electron chi connectivity index (χ3n) is 6.17. The van der Waals surface area contributed by atoms with Crippen LogP contribution in [0, 0.1) is 5.92 Å². The van der Waals surface area contributed by atoms with Crippen LogP contribution in [0.4, 0.5) is 4.79 Å². The summed E-state index contributed by atoms with van der Waals surface area (Å²) in [6.45, 7) is 1.72. The van der Waals surface area contributed by atoms with Crippen LogP contribution in [0.1, 0.15) is 37.5 Å². The first-order valence-electron chi connectivity index (χ1n) is 9.85. The van der Waals surface area contributed by atoms with Crippen molar-refractivity contribution in [2.45, 2.75) is 37.1 Å². The van der Waals surface area contributed by atoms with Gasteiger partial charge in [0.25, 0.3) is 0 Å². The lowest BCUT2D eigenvalue weighted by atomic mass is 9.68. The molecule has 2 saturated heterocycles. The predicted octanol–water partition coefficient (Wildman–Crippen LogP) is 2.98. The summed E-state index contributed by atoms with van der Waals surface area (Å²) < 4.78 is 10.5. The smallest absolute Gasteiger partial charge is 0.407 e. The molecule has 0 radical (unpaired) electrons. The Kier molecular flexibility index (Phi) is 4.46. The van der Waals surface area contributed by atoms with Gasteiger partial charge in [-0.05, 0) is 49.9 Å². The lowest BCUT2D eigenvalue weighted by molar-refractivity contribution is -0.142. The van der Waals surface area contributed by atoms with E-state index in [0.29, 0.717) is 49.3 Å². The van der Waals surface area contributed by atoms with E-state index in [1.54, 1.807) is 12.1 Å². The molecule has 0 atom stereocenters.